The quantitative estimate of drug-likeness (QED) is 0.881. The van der Waals surface area contributed by atoms with Crippen molar-refractivity contribution in [3.8, 4) is 16.9 Å². The second-order valence-corrected chi connectivity index (χ2v) is 5.10. The highest BCUT2D eigenvalue weighted by Gasteiger charge is 2.20. The van der Waals surface area contributed by atoms with E-state index in [1.165, 1.54) is 22.3 Å². The van der Waals surface area contributed by atoms with E-state index in [9.17, 15) is 0 Å². The predicted molar refractivity (Wildman–Crippen MR) is 78.5 cm³/mol. The standard InChI is InChI=1S/C17H19NO/c1-12-3-5-13(6-4-12)14-7-8-15-16(18-2)9-10-19-17(15)11-14/h3-8,11,16,18H,9-10H2,1-2H3. The van der Waals surface area contributed by atoms with Crippen molar-refractivity contribution in [1.29, 1.82) is 0 Å². The summed E-state index contributed by atoms with van der Waals surface area (Å²) in [6.45, 7) is 2.90. The lowest BCUT2D eigenvalue weighted by molar-refractivity contribution is 0.257. The van der Waals surface area contributed by atoms with Crippen LogP contribution < -0.4 is 10.1 Å². The summed E-state index contributed by atoms with van der Waals surface area (Å²) in [4.78, 5) is 0. The van der Waals surface area contributed by atoms with Gasteiger partial charge in [0.15, 0.2) is 0 Å². The summed E-state index contributed by atoms with van der Waals surface area (Å²) in [6.07, 6.45) is 1.04. The Hall–Kier alpha value is -1.80. The van der Waals surface area contributed by atoms with Gasteiger partial charge in [-0.3, -0.25) is 0 Å². The van der Waals surface area contributed by atoms with E-state index in [0.717, 1.165) is 18.8 Å². The average Bonchev–Trinajstić information content (AvgIpc) is 2.47. The highest BCUT2D eigenvalue weighted by Crippen LogP contribution is 2.35. The van der Waals surface area contributed by atoms with E-state index >= 15 is 0 Å². The predicted octanol–water partition coefficient (Wildman–Crippen LogP) is 3.71. The number of fused-ring (bicyclic) bond motifs is 1. The van der Waals surface area contributed by atoms with Crippen molar-refractivity contribution in [3.05, 3.63) is 53.6 Å². The Kier molecular flexibility index (Phi) is 3.26. The van der Waals surface area contributed by atoms with Gasteiger partial charge in [0.05, 0.1) is 6.61 Å². The summed E-state index contributed by atoms with van der Waals surface area (Å²) in [5.74, 6) is 1.02. The Morgan fingerprint density at radius 2 is 1.79 bits per heavy atom. The van der Waals surface area contributed by atoms with E-state index in [-0.39, 0.29) is 0 Å². The third-order valence-electron chi connectivity index (χ3n) is 3.79. The van der Waals surface area contributed by atoms with Gasteiger partial charge in [0, 0.05) is 18.0 Å². The number of hydrogen-bond donors (Lipinski definition) is 1. The SMILES string of the molecule is CNC1CCOc2cc(-c3ccc(C)cc3)ccc21. The molecule has 2 nitrogen and oxygen atoms in total. The third kappa shape index (κ3) is 2.36. The number of aryl methyl sites for hydroxylation is 1. The Bertz CT molecular complexity index is 574. The number of nitrogens with one attached hydrogen (secondary N) is 1. The fourth-order valence-corrected chi connectivity index (χ4v) is 2.61. The molecular formula is C17H19NO. The maximum atomic E-state index is 5.80. The third-order valence-corrected chi connectivity index (χ3v) is 3.79. The van der Waals surface area contributed by atoms with Crippen molar-refractivity contribution >= 4 is 0 Å². The van der Waals surface area contributed by atoms with Crippen LogP contribution in [0.5, 0.6) is 5.75 Å². The molecule has 0 fully saturated rings. The lowest BCUT2D eigenvalue weighted by atomic mass is 9.96. The molecule has 0 aromatic heterocycles. The second-order valence-electron chi connectivity index (χ2n) is 5.10. The number of rotatable bonds is 2. The maximum Gasteiger partial charge on any atom is 0.124 e. The molecule has 98 valence electrons. The molecule has 0 spiro atoms. The summed E-state index contributed by atoms with van der Waals surface area (Å²) >= 11 is 0. The number of ether oxygens (including phenoxy) is 1. The molecule has 2 aromatic rings. The molecule has 0 amide bonds. The van der Waals surface area contributed by atoms with Crippen LogP contribution in [0.2, 0.25) is 0 Å². The summed E-state index contributed by atoms with van der Waals surface area (Å²) < 4.78 is 5.80. The first kappa shape index (κ1) is 12.2. The van der Waals surface area contributed by atoms with Gasteiger partial charge in [-0.2, -0.15) is 0 Å². The van der Waals surface area contributed by atoms with Crippen LogP contribution in [-0.4, -0.2) is 13.7 Å². The van der Waals surface area contributed by atoms with E-state index in [2.05, 4.69) is 54.7 Å². The van der Waals surface area contributed by atoms with E-state index < -0.39 is 0 Å². The Labute approximate surface area is 114 Å². The fraction of sp³-hybridized carbons (Fsp3) is 0.294. The molecule has 2 heteroatoms. The summed E-state index contributed by atoms with van der Waals surface area (Å²) in [7, 11) is 2.01. The van der Waals surface area contributed by atoms with Crippen molar-refractivity contribution in [2.24, 2.45) is 0 Å². The van der Waals surface area contributed by atoms with Crippen molar-refractivity contribution in [3.63, 3.8) is 0 Å². The molecule has 0 radical (unpaired) electrons. The smallest absolute Gasteiger partial charge is 0.124 e. The zero-order chi connectivity index (χ0) is 13.2. The molecule has 1 unspecified atom stereocenters. The van der Waals surface area contributed by atoms with E-state index in [1.54, 1.807) is 0 Å². The van der Waals surface area contributed by atoms with Gasteiger partial charge in [-0.1, -0.05) is 42.0 Å². The molecular weight excluding hydrogens is 234 g/mol. The maximum absolute atomic E-state index is 5.80. The van der Waals surface area contributed by atoms with Crippen molar-refractivity contribution < 1.29 is 4.74 Å². The molecule has 1 heterocycles. The largest absolute Gasteiger partial charge is 0.493 e. The molecule has 1 atom stereocenters. The second kappa shape index (κ2) is 5.06. The monoisotopic (exact) mass is 253 g/mol. The lowest BCUT2D eigenvalue weighted by Gasteiger charge is -2.26. The highest BCUT2D eigenvalue weighted by molar-refractivity contribution is 5.66. The van der Waals surface area contributed by atoms with Crippen LogP contribution in [0.25, 0.3) is 11.1 Å². The molecule has 1 aliphatic rings. The molecule has 0 saturated carbocycles. The van der Waals surface area contributed by atoms with Gasteiger partial charge in [0.1, 0.15) is 5.75 Å². The Balaban J connectivity index is 1.99. The first-order valence-electron chi connectivity index (χ1n) is 6.79. The van der Waals surface area contributed by atoms with Crippen LogP contribution in [0.15, 0.2) is 42.5 Å². The first-order valence-corrected chi connectivity index (χ1v) is 6.79. The molecule has 0 saturated heterocycles. The first-order chi connectivity index (χ1) is 9.28. The number of hydrogen-bond acceptors (Lipinski definition) is 2. The topological polar surface area (TPSA) is 21.3 Å². The lowest BCUT2D eigenvalue weighted by Crippen LogP contribution is -2.23. The summed E-state index contributed by atoms with van der Waals surface area (Å²) in [5, 5.41) is 3.35. The molecule has 1 aliphatic heterocycles. The minimum absolute atomic E-state index is 0.413. The van der Waals surface area contributed by atoms with E-state index in [4.69, 9.17) is 4.74 Å². The molecule has 3 rings (SSSR count). The minimum Gasteiger partial charge on any atom is -0.493 e. The van der Waals surface area contributed by atoms with Gasteiger partial charge in [-0.25, -0.2) is 0 Å². The summed E-state index contributed by atoms with van der Waals surface area (Å²) in [5.41, 5.74) is 5.01. The molecule has 0 bridgehead atoms. The van der Waals surface area contributed by atoms with Gasteiger partial charge >= 0.3 is 0 Å². The van der Waals surface area contributed by atoms with Crippen LogP contribution in [0.3, 0.4) is 0 Å². The van der Waals surface area contributed by atoms with E-state index in [1.807, 2.05) is 7.05 Å². The Morgan fingerprint density at radius 3 is 2.53 bits per heavy atom. The highest BCUT2D eigenvalue weighted by atomic mass is 16.5. The summed E-state index contributed by atoms with van der Waals surface area (Å²) in [6, 6.07) is 15.6. The van der Waals surface area contributed by atoms with Crippen LogP contribution in [0, 0.1) is 6.92 Å². The van der Waals surface area contributed by atoms with Crippen molar-refractivity contribution in [2.75, 3.05) is 13.7 Å². The van der Waals surface area contributed by atoms with Crippen molar-refractivity contribution in [1.82, 2.24) is 5.32 Å². The van der Waals surface area contributed by atoms with Gasteiger partial charge in [-0.05, 0) is 31.2 Å². The molecule has 0 aliphatic carbocycles. The van der Waals surface area contributed by atoms with Gasteiger partial charge < -0.3 is 10.1 Å². The fourth-order valence-electron chi connectivity index (χ4n) is 2.61. The van der Waals surface area contributed by atoms with Crippen LogP contribution >= 0.6 is 0 Å². The van der Waals surface area contributed by atoms with Crippen LogP contribution in [0.4, 0.5) is 0 Å². The van der Waals surface area contributed by atoms with Crippen LogP contribution in [-0.2, 0) is 0 Å². The zero-order valence-corrected chi connectivity index (χ0v) is 11.4. The van der Waals surface area contributed by atoms with E-state index in [0.29, 0.717) is 6.04 Å². The minimum atomic E-state index is 0.413. The zero-order valence-electron chi connectivity index (χ0n) is 11.4. The molecule has 1 N–H and O–H groups in total. The van der Waals surface area contributed by atoms with Crippen molar-refractivity contribution in [2.45, 2.75) is 19.4 Å². The number of benzene rings is 2. The molecule has 2 aromatic carbocycles. The van der Waals surface area contributed by atoms with Crippen LogP contribution in [0.1, 0.15) is 23.6 Å². The molecule has 19 heavy (non-hydrogen) atoms. The average molecular weight is 253 g/mol. The normalized spacial score (nSPS) is 17.7. The Morgan fingerprint density at radius 1 is 1.05 bits per heavy atom. The van der Waals surface area contributed by atoms with Gasteiger partial charge in [0.2, 0.25) is 0 Å². The van der Waals surface area contributed by atoms with Gasteiger partial charge in [0.25, 0.3) is 0 Å². The van der Waals surface area contributed by atoms with Gasteiger partial charge in [-0.15, -0.1) is 0 Å².